The van der Waals surface area contributed by atoms with Crippen LogP contribution in [-0.2, 0) is 5.75 Å². The van der Waals surface area contributed by atoms with Crippen molar-refractivity contribution in [3.63, 3.8) is 0 Å². The maximum atomic E-state index is 12.9. The molecule has 6 nitrogen and oxygen atoms in total. The summed E-state index contributed by atoms with van der Waals surface area (Å²) in [5.74, 6) is 0.823. The number of nitrogens with zero attached hydrogens (tertiary/aromatic N) is 3. The average molecular weight is 481 g/mol. The zero-order chi connectivity index (χ0) is 23.2. The van der Waals surface area contributed by atoms with Gasteiger partial charge in [0.2, 0.25) is 0 Å². The number of aromatic nitrogens is 1. The summed E-state index contributed by atoms with van der Waals surface area (Å²) in [5.41, 5.74) is 3.44. The van der Waals surface area contributed by atoms with E-state index in [1.807, 2.05) is 61.7 Å². The molecule has 1 aliphatic rings. The van der Waals surface area contributed by atoms with Gasteiger partial charge >= 0.3 is 6.03 Å². The fraction of sp³-hybridized carbons (Fsp3) is 0.240. The molecule has 1 aliphatic heterocycles. The summed E-state index contributed by atoms with van der Waals surface area (Å²) in [5, 5.41) is 3.49. The van der Waals surface area contributed by atoms with E-state index in [9.17, 15) is 9.59 Å². The molecule has 170 valence electrons. The van der Waals surface area contributed by atoms with Gasteiger partial charge in [-0.25, -0.2) is 4.79 Å². The minimum atomic E-state index is -0.183. The van der Waals surface area contributed by atoms with Gasteiger partial charge in [-0.15, -0.1) is 11.8 Å². The first-order chi connectivity index (χ1) is 16.0. The van der Waals surface area contributed by atoms with Crippen LogP contribution in [0, 0.1) is 6.92 Å². The van der Waals surface area contributed by atoms with Crippen LogP contribution in [0.2, 0.25) is 5.02 Å². The van der Waals surface area contributed by atoms with Crippen LogP contribution < -0.4 is 5.32 Å². The Kier molecular flexibility index (Phi) is 7.52. The molecule has 3 aromatic rings. The second-order valence-corrected chi connectivity index (χ2v) is 9.30. The number of halogens is 1. The maximum absolute atomic E-state index is 12.9. The lowest BCUT2D eigenvalue weighted by Gasteiger charge is -2.34. The largest absolute Gasteiger partial charge is 0.335 e. The number of carbonyl (C=O) groups is 2. The molecule has 0 atom stereocenters. The van der Waals surface area contributed by atoms with Crippen molar-refractivity contribution in [2.24, 2.45) is 0 Å². The Morgan fingerprint density at radius 2 is 1.76 bits per heavy atom. The molecule has 0 aliphatic carbocycles. The molecule has 0 saturated carbocycles. The van der Waals surface area contributed by atoms with Crippen molar-refractivity contribution in [3.8, 4) is 0 Å². The third kappa shape index (κ3) is 6.06. The van der Waals surface area contributed by atoms with E-state index in [1.54, 1.807) is 33.8 Å². The zero-order valence-electron chi connectivity index (χ0n) is 18.3. The van der Waals surface area contributed by atoms with Gasteiger partial charge in [0.25, 0.3) is 5.91 Å². The highest BCUT2D eigenvalue weighted by Gasteiger charge is 2.25. The molecule has 8 heteroatoms. The standard InChI is InChI=1S/C25H25ClN4O2S/c1-18-4-7-21(15-23(18)26)28-25(32)30-13-11-29(12-14-30)24(31)20-5-8-22(9-6-20)33-17-19-3-2-10-27-16-19/h2-10,15-16H,11-14,17H2,1H3,(H,28,32). The lowest BCUT2D eigenvalue weighted by atomic mass is 10.2. The molecule has 0 spiro atoms. The molecule has 0 radical (unpaired) electrons. The number of amides is 3. The maximum Gasteiger partial charge on any atom is 0.321 e. The number of piperazine rings is 1. The Bertz CT molecular complexity index is 1120. The van der Waals surface area contributed by atoms with Crippen molar-refractivity contribution in [1.29, 1.82) is 0 Å². The van der Waals surface area contributed by atoms with Crippen LogP contribution in [0.4, 0.5) is 10.5 Å². The van der Waals surface area contributed by atoms with E-state index in [0.717, 1.165) is 21.8 Å². The number of anilines is 1. The summed E-state index contributed by atoms with van der Waals surface area (Å²) in [6.45, 7) is 3.88. The molecule has 1 fully saturated rings. The topological polar surface area (TPSA) is 65.5 Å². The number of nitrogens with one attached hydrogen (secondary N) is 1. The van der Waals surface area contributed by atoms with Crippen LogP contribution in [0.25, 0.3) is 0 Å². The summed E-state index contributed by atoms with van der Waals surface area (Å²) >= 11 is 7.85. The minimum Gasteiger partial charge on any atom is -0.335 e. The van der Waals surface area contributed by atoms with Crippen molar-refractivity contribution in [2.75, 3.05) is 31.5 Å². The van der Waals surface area contributed by atoms with Gasteiger partial charge in [0.1, 0.15) is 0 Å². The van der Waals surface area contributed by atoms with Gasteiger partial charge in [-0.1, -0.05) is 23.7 Å². The van der Waals surface area contributed by atoms with Crippen LogP contribution >= 0.6 is 23.4 Å². The first-order valence-corrected chi connectivity index (χ1v) is 12.1. The molecular weight excluding hydrogens is 456 g/mol. The summed E-state index contributed by atoms with van der Waals surface area (Å²) in [7, 11) is 0. The van der Waals surface area contributed by atoms with Gasteiger partial charge in [-0.2, -0.15) is 0 Å². The van der Waals surface area contributed by atoms with E-state index in [0.29, 0.717) is 42.5 Å². The molecule has 33 heavy (non-hydrogen) atoms. The quantitative estimate of drug-likeness (QED) is 0.501. The molecule has 0 bridgehead atoms. The minimum absolute atomic E-state index is 0.0100. The molecule has 2 aromatic carbocycles. The van der Waals surface area contributed by atoms with E-state index in [2.05, 4.69) is 10.3 Å². The van der Waals surface area contributed by atoms with E-state index in [1.165, 1.54) is 0 Å². The summed E-state index contributed by atoms with van der Waals surface area (Å²) in [4.78, 5) is 34.2. The zero-order valence-corrected chi connectivity index (χ0v) is 19.9. The summed E-state index contributed by atoms with van der Waals surface area (Å²) < 4.78 is 0. The third-order valence-corrected chi connectivity index (χ3v) is 7.00. The van der Waals surface area contributed by atoms with E-state index >= 15 is 0 Å². The van der Waals surface area contributed by atoms with Gasteiger partial charge in [-0.3, -0.25) is 9.78 Å². The summed E-state index contributed by atoms with van der Waals surface area (Å²) in [6, 6.07) is 16.9. The van der Waals surface area contributed by atoms with Crippen LogP contribution in [0.15, 0.2) is 71.9 Å². The normalized spacial score (nSPS) is 13.6. The van der Waals surface area contributed by atoms with Crippen molar-refractivity contribution in [2.45, 2.75) is 17.6 Å². The molecule has 1 saturated heterocycles. The second kappa shape index (κ2) is 10.7. The first kappa shape index (κ1) is 23.1. The van der Waals surface area contributed by atoms with E-state index in [4.69, 9.17) is 11.6 Å². The molecule has 2 heterocycles. The Morgan fingerprint density at radius 3 is 2.42 bits per heavy atom. The third-order valence-electron chi connectivity index (χ3n) is 5.51. The fourth-order valence-electron chi connectivity index (χ4n) is 3.51. The van der Waals surface area contributed by atoms with Crippen molar-refractivity contribution >= 4 is 41.0 Å². The fourth-order valence-corrected chi connectivity index (χ4v) is 4.53. The predicted molar refractivity (Wildman–Crippen MR) is 133 cm³/mol. The van der Waals surface area contributed by atoms with Crippen molar-refractivity contribution in [1.82, 2.24) is 14.8 Å². The molecule has 0 unspecified atom stereocenters. The van der Waals surface area contributed by atoms with Crippen LogP contribution in [0.3, 0.4) is 0 Å². The average Bonchev–Trinajstić information content (AvgIpc) is 2.85. The van der Waals surface area contributed by atoms with Gasteiger partial charge in [0.15, 0.2) is 0 Å². The Labute approximate surface area is 202 Å². The molecule has 3 amide bonds. The lowest BCUT2D eigenvalue weighted by molar-refractivity contribution is 0.0671. The van der Waals surface area contributed by atoms with Gasteiger partial charge in [0, 0.05) is 65.5 Å². The number of aryl methyl sites for hydroxylation is 1. The first-order valence-electron chi connectivity index (χ1n) is 10.7. The number of hydrogen-bond donors (Lipinski definition) is 1. The van der Waals surface area contributed by atoms with Gasteiger partial charge in [0.05, 0.1) is 0 Å². The lowest BCUT2D eigenvalue weighted by Crippen LogP contribution is -2.51. The number of carbonyl (C=O) groups excluding carboxylic acids is 2. The molecule has 4 rings (SSSR count). The van der Waals surface area contributed by atoms with Crippen molar-refractivity contribution < 1.29 is 9.59 Å². The Balaban J connectivity index is 1.27. The predicted octanol–water partition coefficient (Wildman–Crippen LogP) is 5.33. The smallest absolute Gasteiger partial charge is 0.321 e. The monoisotopic (exact) mass is 480 g/mol. The highest BCUT2D eigenvalue weighted by Crippen LogP contribution is 2.24. The number of pyridine rings is 1. The number of urea groups is 1. The highest BCUT2D eigenvalue weighted by atomic mass is 35.5. The molecule has 1 N–H and O–H groups in total. The summed E-state index contributed by atoms with van der Waals surface area (Å²) in [6.07, 6.45) is 3.63. The highest BCUT2D eigenvalue weighted by molar-refractivity contribution is 7.98. The van der Waals surface area contributed by atoms with Crippen LogP contribution in [-0.4, -0.2) is 52.9 Å². The number of benzene rings is 2. The molecular formula is C25H25ClN4O2S. The number of hydrogen-bond acceptors (Lipinski definition) is 4. The van der Waals surface area contributed by atoms with Crippen LogP contribution in [0.5, 0.6) is 0 Å². The Hall–Kier alpha value is -3.03. The van der Waals surface area contributed by atoms with Crippen LogP contribution in [0.1, 0.15) is 21.5 Å². The Morgan fingerprint density at radius 1 is 1.03 bits per heavy atom. The van der Waals surface area contributed by atoms with E-state index < -0.39 is 0 Å². The van der Waals surface area contributed by atoms with E-state index in [-0.39, 0.29) is 11.9 Å². The second-order valence-electron chi connectivity index (χ2n) is 7.85. The van der Waals surface area contributed by atoms with Gasteiger partial charge in [-0.05, 0) is 60.5 Å². The van der Waals surface area contributed by atoms with Crippen molar-refractivity contribution in [3.05, 3.63) is 88.7 Å². The van der Waals surface area contributed by atoms with Gasteiger partial charge < -0.3 is 15.1 Å². The number of thioether (sulfide) groups is 1. The molecule has 1 aromatic heterocycles. The number of rotatable bonds is 5. The SMILES string of the molecule is Cc1ccc(NC(=O)N2CCN(C(=O)c3ccc(SCc4cccnc4)cc3)CC2)cc1Cl.